The second-order valence-electron chi connectivity index (χ2n) is 2.43. The summed E-state index contributed by atoms with van der Waals surface area (Å²) in [6, 6.07) is 4.11. The summed E-state index contributed by atoms with van der Waals surface area (Å²) in [5.74, 6) is 0. The molecular formula is C11H12S. The van der Waals surface area contributed by atoms with Crippen molar-refractivity contribution in [1.82, 2.24) is 0 Å². The Labute approximate surface area is 77.6 Å². The second kappa shape index (κ2) is 4.73. The third-order valence-electron chi connectivity index (χ3n) is 1.46. The lowest BCUT2D eigenvalue weighted by Gasteiger charge is -1.92. The molecule has 0 aliphatic rings. The van der Waals surface area contributed by atoms with Gasteiger partial charge in [-0.3, -0.25) is 0 Å². The van der Waals surface area contributed by atoms with E-state index in [4.69, 9.17) is 0 Å². The second-order valence-corrected chi connectivity index (χ2v) is 3.38. The van der Waals surface area contributed by atoms with Crippen LogP contribution in [0.25, 0.3) is 5.57 Å². The van der Waals surface area contributed by atoms with Crippen molar-refractivity contribution in [2.45, 2.75) is 6.42 Å². The van der Waals surface area contributed by atoms with Gasteiger partial charge in [-0.1, -0.05) is 30.9 Å². The molecule has 0 atom stereocenters. The highest BCUT2D eigenvalue weighted by Crippen LogP contribution is 2.19. The number of rotatable bonds is 4. The largest absolute Gasteiger partial charge is 0.144 e. The minimum atomic E-state index is 0.907. The average molecular weight is 176 g/mol. The molecule has 0 fully saturated rings. The Kier molecular flexibility index (Phi) is 3.55. The molecule has 0 saturated carbocycles. The molecule has 12 heavy (non-hydrogen) atoms. The highest BCUT2D eigenvalue weighted by Gasteiger charge is 1.92. The van der Waals surface area contributed by atoms with E-state index in [0.29, 0.717) is 0 Å². The number of thiophene rings is 1. The monoisotopic (exact) mass is 176 g/mol. The smallest absolute Gasteiger partial charge is 0.0336 e. The molecule has 0 aliphatic carbocycles. The molecule has 1 aromatic heterocycles. The fraction of sp³-hybridized carbons (Fsp3) is 0.0909. The fourth-order valence-corrected chi connectivity index (χ4v) is 1.53. The van der Waals surface area contributed by atoms with Crippen LogP contribution in [0, 0.1) is 0 Å². The zero-order chi connectivity index (χ0) is 8.81. The van der Waals surface area contributed by atoms with E-state index in [0.717, 1.165) is 12.0 Å². The summed E-state index contributed by atoms with van der Waals surface area (Å²) >= 11 is 1.71. The Morgan fingerprint density at radius 2 is 2.42 bits per heavy atom. The van der Waals surface area contributed by atoms with Crippen molar-refractivity contribution in [2.24, 2.45) is 0 Å². The first-order chi connectivity index (χ1) is 5.84. The number of allylic oxidation sites excluding steroid dienone is 4. The van der Waals surface area contributed by atoms with Crippen LogP contribution in [-0.4, -0.2) is 0 Å². The van der Waals surface area contributed by atoms with Gasteiger partial charge in [0, 0.05) is 4.88 Å². The van der Waals surface area contributed by atoms with Gasteiger partial charge in [-0.2, -0.15) is 0 Å². The summed E-state index contributed by atoms with van der Waals surface area (Å²) in [6.45, 7) is 7.60. The maximum absolute atomic E-state index is 3.96. The molecule has 0 spiro atoms. The third kappa shape index (κ3) is 2.51. The Balaban J connectivity index is 2.55. The van der Waals surface area contributed by atoms with Crippen molar-refractivity contribution in [1.29, 1.82) is 0 Å². The lowest BCUT2D eigenvalue weighted by Crippen LogP contribution is -1.68. The van der Waals surface area contributed by atoms with Crippen LogP contribution >= 0.6 is 11.3 Å². The standard InChI is InChI=1S/C11H12S/c1-3-4-5-7-10(2)11-8-6-9-12-11/h3,5-9H,1-2,4H2/b7-5-. The van der Waals surface area contributed by atoms with E-state index in [1.165, 1.54) is 4.88 Å². The zero-order valence-electron chi connectivity index (χ0n) is 6.99. The molecule has 0 saturated heterocycles. The summed E-state index contributed by atoms with van der Waals surface area (Å²) in [5.41, 5.74) is 1.08. The van der Waals surface area contributed by atoms with Crippen LogP contribution in [0.3, 0.4) is 0 Å². The van der Waals surface area contributed by atoms with Crippen molar-refractivity contribution in [3.63, 3.8) is 0 Å². The molecule has 1 heterocycles. The van der Waals surface area contributed by atoms with E-state index in [1.54, 1.807) is 11.3 Å². The van der Waals surface area contributed by atoms with Crippen LogP contribution in [0.1, 0.15) is 11.3 Å². The molecule has 0 amide bonds. The van der Waals surface area contributed by atoms with Crippen LogP contribution in [0.5, 0.6) is 0 Å². The molecule has 1 rings (SSSR count). The highest BCUT2D eigenvalue weighted by molar-refractivity contribution is 7.11. The van der Waals surface area contributed by atoms with Gasteiger partial charge in [-0.15, -0.1) is 17.9 Å². The number of hydrogen-bond donors (Lipinski definition) is 0. The summed E-state index contributed by atoms with van der Waals surface area (Å²) in [4.78, 5) is 1.23. The molecule has 0 aromatic carbocycles. The first kappa shape index (κ1) is 9.01. The Bertz CT molecular complexity index is 278. The fourth-order valence-electron chi connectivity index (χ4n) is 0.850. The van der Waals surface area contributed by atoms with Crippen LogP contribution in [0.2, 0.25) is 0 Å². The maximum atomic E-state index is 3.96. The molecular weight excluding hydrogens is 164 g/mol. The SMILES string of the molecule is C=CC/C=C\C(=C)c1cccs1. The van der Waals surface area contributed by atoms with Gasteiger partial charge in [0.05, 0.1) is 0 Å². The predicted octanol–water partition coefficient (Wildman–Crippen LogP) is 3.89. The first-order valence-corrected chi connectivity index (χ1v) is 4.73. The highest BCUT2D eigenvalue weighted by atomic mass is 32.1. The third-order valence-corrected chi connectivity index (χ3v) is 2.40. The summed E-state index contributed by atoms with van der Waals surface area (Å²) in [6.07, 6.45) is 6.88. The van der Waals surface area contributed by atoms with Gasteiger partial charge in [0.25, 0.3) is 0 Å². The molecule has 0 aliphatic heterocycles. The zero-order valence-corrected chi connectivity index (χ0v) is 7.81. The van der Waals surface area contributed by atoms with Crippen molar-refractivity contribution in [3.8, 4) is 0 Å². The van der Waals surface area contributed by atoms with Crippen molar-refractivity contribution in [3.05, 3.63) is 53.8 Å². The Morgan fingerprint density at radius 3 is 3.00 bits per heavy atom. The van der Waals surface area contributed by atoms with Crippen molar-refractivity contribution >= 4 is 16.9 Å². The van der Waals surface area contributed by atoms with Gasteiger partial charge < -0.3 is 0 Å². The lowest BCUT2D eigenvalue weighted by atomic mass is 10.2. The van der Waals surface area contributed by atoms with E-state index in [2.05, 4.69) is 30.7 Å². The van der Waals surface area contributed by atoms with Gasteiger partial charge in [0.1, 0.15) is 0 Å². The van der Waals surface area contributed by atoms with E-state index >= 15 is 0 Å². The van der Waals surface area contributed by atoms with E-state index in [9.17, 15) is 0 Å². The summed E-state index contributed by atoms with van der Waals surface area (Å²) in [7, 11) is 0. The van der Waals surface area contributed by atoms with Crippen LogP contribution in [0.4, 0.5) is 0 Å². The Hall–Kier alpha value is -1.08. The first-order valence-electron chi connectivity index (χ1n) is 3.85. The van der Waals surface area contributed by atoms with Crippen LogP contribution in [0.15, 0.2) is 48.9 Å². The van der Waals surface area contributed by atoms with Crippen LogP contribution < -0.4 is 0 Å². The molecule has 0 radical (unpaired) electrons. The molecule has 1 aromatic rings. The van der Waals surface area contributed by atoms with E-state index in [1.807, 2.05) is 18.2 Å². The van der Waals surface area contributed by atoms with Crippen LogP contribution in [-0.2, 0) is 0 Å². The molecule has 0 N–H and O–H groups in total. The molecule has 0 unspecified atom stereocenters. The molecule has 1 heteroatoms. The minimum absolute atomic E-state index is 0.907. The molecule has 0 bridgehead atoms. The summed E-state index contributed by atoms with van der Waals surface area (Å²) < 4.78 is 0. The van der Waals surface area contributed by atoms with Crippen molar-refractivity contribution in [2.75, 3.05) is 0 Å². The molecule has 62 valence electrons. The van der Waals surface area contributed by atoms with Gasteiger partial charge in [-0.05, 0) is 23.4 Å². The predicted molar refractivity (Wildman–Crippen MR) is 57.3 cm³/mol. The van der Waals surface area contributed by atoms with Gasteiger partial charge in [-0.25, -0.2) is 0 Å². The van der Waals surface area contributed by atoms with Gasteiger partial charge in [0.2, 0.25) is 0 Å². The van der Waals surface area contributed by atoms with Gasteiger partial charge >= 0.3 is 0 Å². The number of hydrogen-bond acceptors (Lipinski definition) is 1. The lowest BCUT2D eigenvalue weighted by molar-refractivity contribution is 1.41. The van der Waals surface area contributed by atoms with Gasteiger partial charge in [0.15, 0.2) is 0 Å². The quantitative estimate of drug-likeness (QED) is 0.482. The molecule has 0 nitrogen and oxygen atoms in total. The van der Waals surface area contributed by atoms with E-state index in [-0.39, 0.29) is 0 Å². The minimum Gasteiger partial charge on any atom is -0.144 e. The average Bonchev–Trinajstić information content (AvgIpc) is 2.56. The Morgan fingerprint density at radius 1 is 1.58 bits per heavy atom. The summed E-state index contributed by atoms with van der Waals surface area (Å²) in [5, 5.41) is 2.06. The normalized spacial score (nSPS) is 10.3. The maximum Gasteiger partial charge on any atom is 0.0336 e. The van der Waals surface area contributed by atoms with Crippen molar-refractivity contribution < 1.29 is 0 Å². The van der Waals surface area contributed by atoms with E-state index < -0.39 is 0 Å². The topological polar surface area (TPSA) is 0 Å².